The Morgan fingerprint density at radius 3 is 3.00 bits per heavy atom. The number of halogens is 1. The van der Waals surface area contributed by atoms with E-state index in [9.17, 15) is 4.39 Å². The van der Waals surface area contributed by atoms with Crippen LogP contribution < -0.4 is 19.5 Å². The van der Waals surface area contributed by atoms with Crippen LogP contribution in [0.15, 0.2) is 35.2 Å². The van der Waals surface area contributed by atoms with Gasteiger partial charge in [-0.2, -0.15) is 0 Å². The molecule has 0 aliphatic carbocycles. The number of nitrogens with one attached hydrogen (secondary N) is 1. The van der Waals surface area contributed by atoms with Gasteiger partial charge in [0.15, 0.2) is 11.5 Å². The Kier molecular flexibility index (Phi) is 4.72. The summed E-state index contributed by atoms with van der Waals surface area (Å²) < 4.78 is 30.4. The lowest BCUT2D eigenvalue weighted by Crippen LogP contribution is -2.24. The smallest absolute Gasteiger partial charge is 0.203 e. The van der Waals surface area contributed by atoms with Gasteiger partial charge < -0.3 is 19.5 Å². The summed E-state index contributed by atoms with van der Waals surface area (Å²) in [5, 5.41) is 3.55. The van der Waals surface area contributed by atoms with E-state index in [0.717, 1.165) is 28.2 Å². The summed E-state index contributed by atoms with van der Waals surface area (Å²) in [4.78, 5) is 1.16. The van der Waals surface area contributed by atoms with Gasteiger partial charge in [0.05, 0.1) is 7.11 Å². The first-order chi connectivity index (χ1) is 12.2. The Hall–Kier alpha value is -1.92. The third-order valence-corrected chi connectivity index (χ3v) is 5.57. The van der Waals surface area contributed by atoms with Crippen molar-refractivity contribution in [3.05, 3.63) is 47.3 Å². The Bertz CT molecular complexity index is 766. The number of ether oxygens (including phenoxy) is 3. The fourth-order valence-electron chi connectivity index (χ4n) is 3.25. The summed E-state index contributed by atoms with van der Waals surface area (Å²) in [5.74, 6) is 2.90. The summed E-state index contributed by atoms with van der Waals surface area (Å²) in [5.41, 5.74) is 2.10. The molecule has 25 heavy (non-hydrogen) atoms. The molecule has 0 saturated carbocycles. The van der Waals surface area contributed by atoms with Crippen LogP contribution in [-0.2, 0) is 6.54 Å². The standard InChI is InChI=1S/C19H20FNO3S/c1-22-16-8-12(9-17-19(16)24-6-5-23-17)11-21-15-4-7-25-18-3-2-13(20)10-14(15)18/h2-3,8-10,15,21H,4-7,11H2,1H3. The molecule has 4 nitrogen and oxygen atoms in total. The molecule has 0 bridgehead atoms. The van der Waals surface area contributed by atoms with Gasteiger partial charge in [-0.15, -0.1) is 11.8 Å². The minimum absolute atomic E-state index is 0.145. The van der Waals surface area contributed by atoms with Crippen LogP contribution in [0.4, 0.5) is 4.39 Å². The van der Waals surface area contributed by atoms with Gasteiger partial charge in [-0.3, -0.25) is 0 Å². The number of fused-ring (bicyclic) bond motifs is 2. The van der Waals surface area contributed by atoms with Crippen molar-refractivity contribution >= 4 is 11.8 Å². The average molecular weight is 361 g/mol. The molecular weight excluding hydrogens is 341 g/mol. The summed E-state index contributed by atoms with van der Waals surface area (Å²) in [6.45, 7) is 1.72. The van der Waals surface area contributed by atoms with Gasteiger partial charge in [-0.25, -0.2) is 4.39 Å². The maximum absolute atomic E-state index is 13.6. The van der Waals surface area contributed by atoms with E-state index in [0.29, 0.717) is 37.0 Å². The third kappa shape index (κ3) is 3.41. The molecule has 0 saturated heterocycles. The quantitative estimate of drug-likeness (QED) is 0.893. The summed E-state index contributed by atoms with van der Waals surface area (Å²) in [6.07, 6.45) is 0.975. The maximum Gasteiger partial charge on any atom is 0.203 e. The molecule has 0 aromatic heterocycles. The van der Waals surface area contributed by atoms with Crippen LogP contribution >= 0.6 is 11.8 Å². The van der Waals surface area contributed by atoms with Crippen molar-refractivity contribution < 1.29 is 18.6 Å². The van der Waals surface area contributed by atoms with Gasteiger partial charge in [0.1, 0.15) is 19.0 Å². The molecule has 4 rings (SSSR count). The molecule has 6 heteroatoms. The molecule has 0 spiro atoms. The van der Waals surface area contributed by atoms with Crippen LogP contribution in [0.2, 0.25) is 0 Å². The van der Waals surface area contributed by atoms with Crippen LogP contribution in [0.1, 0.15) is 23.6 Å². The average Bonchev–Trinajstić information content (AvgIpc) is 2.65. The van der Waals surface area contributed by atoms with Gasteiger partial charge in [0, 0.05) is 17.5 Å². The van der Waals surface area contributed by atoms with Crippen molar-refractivity contribution in [2.75, 3.05) is 26.1 Å². The van der Waals surface area contributed by atoms with Gasteiger partial charge in [-0.1, -0.05) is 0 Å². The minimum atomic E-state index is -0.186. The van der Waals surface area contributed by atoms with Crippen LogP contribution in [0.3, 0.4) is 0 Å². The van der Waals surface area contributed by atoms with E-state index in [1.807, 2.05) is 18.2 Å². The summed E-state index contributed by atoms with van der Waals surface area (Å²) in [7, 11) is 1.63. The first-order valence-electron chi connectivity index (χ1n) is 8.37. The fraction of sp³-hybridized carbons (Fsp3) is 0.368. The lowest BCUT2D eigenvalue weighted by molar-refractivity contribution is 0.165. The van der Waals surface area contributed by atoms with Crippen LogP contribution in [0, 0.1) is 5.82 Å². The maximum atomic E-state index is 13.6. The second kappa shape index (κ2) is 7.14. The van der Waals surface area contributed by atoms with Crippen molar-refractivity contribution in [1.82, 2.24) is 5.32 Å². The van der Waals surface area contributed by atoms with Crippen molar-refractivity contribution in [3.63, 3.8) is 0 Å². The van der Waals surface area contributed by atoms with Crippen molar-refractivity contribution in [2.45, 2.75) is 23.9 Å². The number of benzene rings is 2. The molecule has 2 aliphatic rings. The first kappa shape index (κ1) is 16.5. The Balaban J connectivity index is 1.54. The second-order valence-electron chi connectivity index (χ2n) is 6.08. The van der Waals surface area contributed by atoms with E-state index >= 15 is 0 Å². The first-order valence-corrected chi connectivity index (χ1v) is 9.35. The highest BCUT2D eigenvalue weighted by Crippen LogP contribution is 2.41. The zero-order valence-corrected chi connectivity index (χ0v) is 14.8. The van der Waals surface area contributed by atoms with Gasteiger partial charge in [0.25, 0.3) is 0 Å². The van der Waals surface area contributed by atoms with Crippen LogP contribution in [-0.4, -0.2) is 26.1 Å². The Morgan fingerprint density at radius 2 is 2.12 bits per heavy atom. The van der Waals surface area contributed by atoms with E-state index in [1.165, 1.54) is 6.07 Å². The van der Waals surface area contributed by atoms with E-state index in [2.05, 4.69) is 5.32 Å². The molecule has 2 aromatic rings. The Labute approximate surface area is 150 Å². The van der Waals surface area contributed by atoms with Crippen molar-refractivity contribution in [3.8, 4) is 17.2 Å². The number of methoxy groups -OCH3 is 1. The molecule has 0 fully saturated rings. The van der Waals surface area contributed by atoms with Crippen molar-refractivity contribution in [2.24, 2.45) is 0 Å². The summed E-state index contributed by atoms with van der Waals surface area (Å²) in [6, 6.07) is 9.13. The van der Waals surface area contributed by atoms with Gasteiger partial charge in [0.2, 0.25) is 5.75 Å². The molecule has 1 N–H and O–H groups in total. The number of rotatable bonds is 4. The molecule has 1 unspecified atom stereocenters. The predicted molar refractivity (Wildman–Crippen MR) is 95.3 cm³/mol. The highest BCUT2D eigenvalue weighted by Gasteiger charge is 2.22. The highest BCUT2D eigenvalue weighted by molar-refractivity contribution is 7.99. The normalized spacial score (nSPS) is 18.6. The van der Waals surface area contributed by atoms with E-state index in [1.54, 1.807) is 24.9 Å². The SMILES string of the molecule is COc1cc(CNC2CCSc3ccc(F)cc32)cc2c1OCCO2. The molecule has 0 amide bonds. The molecule has 2 heterocycles. The fourth-order valence-corrected chi connectivity index (χ4v) is 4.35. The number of hydrogen-bond acceptors (Lipinski definition) is 5. The lowest BCUT2D eigenvalue weighted by atomic mass is 10.0. The topological polar surface area (TPSA) is 39.7 Å². The molecule has 0 radical (unpaired) electrons. The Morgan fingerprint density at radius 1 is 1.24 bits per heavy atom. The summed E-state index contributed by atoms with van der Waals surface area (Å²) >= 11 is 1.78. The van der Waals surface area contributed by atoms with E-state index in [-0.39, 0.29) is 11.9 Å². The van der Waals surface area contributed by atoms with E-state index in [4.69, 9.17) is 14.2 Å². The van der Waals surface area contributed by atoms with Crippen LogP contribution in [0.25, 0.3) is 0 Å². The predicted octanol–water partition coefficient (Wildman–Crippen LogP) is 3.93. The van der Waals surface area contributed by atoms with Crippen molar-refractivity contribution in [1.29, 1.82) is 0 Å². The van der Waals surface area contributed by atoms with Gasteiger partial charge in [-0.05, 0) is 53.6 Å². The van der Waals surface area contributed by atoms with Crippen LogP contribution in [0.5, 0.6) is 17.2 Å². The molecule has 2 aromatic carbocycles. The largest absolute Gasteiger partial charge is 0.493 e. The third-order valence-electron chi connectivity index (χ3n) is 4.45. The van der Waals surface area contributed by atoms with Gasteiger partial charge >= 0.3 is 0 Å². The molecule has 2 aliphatic heterocycles. The lowest BCUT2D eigenvalue weighted by Gasteiger charge is -2.27. The molecular formula is C19H20FNO3S. The minimum Gasteiger partial charge on any atom is -0.493 e. The second-order valence-corrected chi connectivity index (χ2v) is 7.21. The number of thioether (sulfide) groups is 1. The molecule has 1 atom stereocenters. The zero-order chi connectivity index (χ0) is 17.2. The molecule has 132 valence electrons. The monoisotopic (exact) mass is 361 g/mol. The highest BCUT2D eigenvalue weighted by atomic mass is 32.2. The number of hydrogen-bond donors (Lipinski definition) is 1. The zero-order valence-electron chi connectivity index (χ0n) is 14.0. The van der Waals surface area contributed by atoms with E-state index < -0.39 is 0 Å².